The van der Waals surface area contributed by atoms with E-state index in [-0.39, 0.29) is 0 Å². The average molecular weight is 220 g/mol. The minimum Gasteiger partial charge on any atom is -0.299 e. The van der Waals surface area contributed by atoms with Crippen molar-refractivity contribution < 1.29 is 4.79 Å². The van der Waals surface area contributed by atoms with Gasteiger partial charge in [-0.05, 0) is 41.4 Å². The van der Waals surface area contributed by atoms with Crippen LogP contribution in [0.15, 0.2) is 0 Å². The highest BCUT2D eigenvalue weighted by Crippen LogP contribution is 2.80. The van der Waals surface area contributed by atoms with Crippen molar-refractivity contribution in [1.29, 1.82) is 0 Å². The lowest BCUT2D eigenvalue weighted by atomic mass is 9.48. The summed E-state index contributed by atoms with van der Waals surface area (Å²) in [5, 5.41) is 0. The van der Waals surface area contributed by atoms with Gasteiger partial charge >= 0.3 is 0 Å². The first-order valence-corrected chi connectivity index (χ1v) is 6.87. The first-order chi connectivity index (χ1) is 7.34. The van der Waals surface area contributed by atoms with Gasteiger partial charge in [-0.2, -0.15) is 0 Å². The Hall–Kier alpha value is -0.330. The van der Waals surface area contributed by atoms with E-state index in [1.807, 2.05) is 0 Å². The van der Waals surface area contributed by atoms with Gasteiger partial charge in [0.25, 0.3) is 0 Å². The molecular weight excluding hydrogens is 196 g/mol. The number of ketones is 1. The van der Waals surface area contributed by atoms with Crippen LogP contribution in [0.3, 0.4) is 0 Å². The minimum absolute atomic E-state index is 0.322. The molecule has 4 atom stereocenters. The van der Waals surface area contributed by atoms with Crippen LogP contribution >= 0.6 is 0 Å². The number of hydrogen-bond acceptors (Lipinski definition) is 1. The molecule has 3 aliphatic rings. The Kier molecular flexibility index (Phi) is 1.85. The summed E-state index contributed by atoms with van der Waals surface area (Å²) in [6.45, 7) is 9.48. The van der Waals surface area contributed by atoms with Gasteiger partial charge in [0, 0.05) is 12.3 Å². The van der Waals surface area contributed by atoms with Crippen molar-refractivity contribution >= 4 is 5.78 Å². The molecule has 1 spiro atoms. The van der Waals surface area contributed by atoms with Crippen LogP contribution < -0.4 is 0 Å². The van der Waals surface area contributed by atoms with E-state index in [1.54, 1.807) is 0 Å². The summed E-state index contributed by atoms with van der Waals surface area (Å²) >= 11 is 0. The third kappa shape index (κ3) is 0.966. The summed E-state index contributed by atoms with van der Waals surface area (Å²) in [7, 11) is 0. The second-order valence-electron chi connectivity index (χ2n) is 7.51. The second kappa shape index (κ2) is 2.73. The molecule has 0 aliphatic heterocycles. The maximum Gasteiger partial charge on any atom is 0.136 e. The zero-order valence-corrected chi connectivity index (χ0v) is 11.1. The molecule has 0 saturated heterocycles. The normalized spacial score (nSPS) is 54.1. The second-order valence-corrected chi connectivity index (χ2v) is 7.51. The molecule has 1 heteroatoms. The number of hydrogen-bond donors (Lipinski definition) is 0. The lowest BCUT2D eigenvalue weighted by Gasteiger charge is -2.55. The summed E-state index contributed by atoms with van der Waals surface area (Å²) < 4.78 is 0. The van der Waals surface area contributed by atoms with Crippen LogP contribution in [-0.2, 0) is 4.79 Å². The van der Waals surface area contributed by atoms with E-state index in [0.717, 1.165) is 6.42 Å². The van der Waals surface area contributed by atoms with E-state index in [1.165, 1.54) is 25.7 Å². The van der Waals surface area contributed by atoms with E-state index in [0.29, 0.717) is 33.9 Å². The van der Waals surface area contributed by atoms with Crippen LogP contribution in [0.5, 0.6) is 0 Å². The molecule has 0 unspecified atom stereocenters. The maximum absolute atomic E-state index is 12.1. The van der Waals surface area contributed by atoms with Crippen molar-refractivity contribution in [2.75, 3.05) is 0 Å². The molecule has 0 radical (unpaired) electrons. The zero-order chi connectivity index (χ0) is 11.8. The van der Waals surface area contributed by atoms with E-state index in [2.05, 4.69) is 27.7 Å². The molecule has 3 aliphatic carbocycles. The van der Waals surface area contributed by atoms with Crippen molar-refractivity contribution in [3.63, 3.8) is 0 Å². The molecule has 3 rings (SSSR count). The molecule has 3 fully saturated rings. The van der Waals surface area contributed by atoms with Gasteiger partial charge in [-0.25, -0.2) is 0 Å². The molecule has 90 valence electrons. The molecule has 0 aromatic heterocycles. The Morgan fingerprint density at radius 1 is 1.19 bits per heavy atom. The Bertz CT molecular complexity index is 356. The fourth-order valence-corrected chi connectivity index (χ4v) is 5.56. The number of Topliss-reactive ketones (excluding diaryl/α,β-unsaturated/α-hetero) is 1. The number of carbonyl (C=O) groups is 1. The fraction of sp³-hybridized carbons (Fsp3) is 0.933. The van der Waals surface area contributed by atoms with E-state index < -0.39 is 0 Å². The van der Waals surface area contributed by atoms with Gasteiger partial charge < -0.3 is 0 Å². The maximum atomic E-state index is 12.1. The first kappa shape index (κ1) is 10.8. The highest BCUT2D eigenvalue weighted by atomic mass is 16.1. The molecule has 16 heavy (non-hydrogen) atoms. The molecule has 0 amide bonds. The summed E-state index contributed by atoms with van der Waals surface area (Å²) in [5.41, 5.74) is 1.29. The smallest absolute Gasteiger partial charge is 0.136 e. The van der Waals surface area contributed by atoms with Crippen LogP contribution in [0, 0.1) is 28.1 Å². The van der Waals surface area contributed by atoms with Crippen LogP contribution in [-0.4, -0.2) is 5.78 Å². The Morgan fingerprint density at radius 3 is 2.56 bits per heavy atom. The Morgan fingerprint density at radius 2 is 1.88 bits per heavy atom. The molecular formula is C15H24O. The summed E-state index contributed by atoms with van der Waals surface area (Å²) in [5.74, 6) is 1.58. The highest BCUT2D eigenvalue weighted by molar-refractivity contribution is 5.84. The minimum atomic E-state index is 0.322. The van der Waals surface area contributed by atoms with Crippen LogP contribution in [0.2, 0.25) is 0 Å². The topological polar surface area (TPSA) is 17.1 Å². The van der Waals surface area contributed by atoms with Crippen LogP contribution in [0.25, 0.3) is 0 Å². The van der Waals surface area contributed by atoms with Gasteiger partial charge in [-0.1, -0.05) is 34.1 Å². The third-order valence-corrected chi connectivity index (χ3v) is 6.51. The summed E-state index contributed by atoms with van der Waals surface area (Å²) in [6, 6.07) is 0. The van der Waals surface area contributed by atoms with Crippen LogP contribution in [0.4, 0.5) is 0 Å². The first-order valence-electron chi connectivity index (χ1n) is 6.87. The van der Waals surface area contributed by atoms with Gasteiger partial charge in [-0.15, -0.1) is 0 Å². The standard InChI is InChI=1S/C15H24O/c1-10-11-8-15(11)13(2,3)6-5-7-14(15,4)9-12(10)16/h10-11H,5-9H2,1-4H3/t10-,11-,14-,15-/m1/s1. The monoisotopic (exact) mass is 220 g/mol. The Balaban J connectivity index is 2.06. The van der Waals surface area contributed by atoms with E-state index in [9.17, 15) is 4.79 Å². The SMILES string of the molecule is C[C@H]1C(=O)C[C@@]2(C)CCCC(C)(C)[C@]23C[C@H]13. The predicted octanol–water partition coefficient (Wildman–Crippen LogP) is 3.82. The molecule has 1 nitrogen and oxygen atoms in total. The fourth-order valence-electron chi connectivity index (χ4n) is 5.56. The van der Waals surface area contributed by atoms with Crippen molar-refractivity contribution in [2.24, 2.45) is 28.1 Å². The van der Waals surface area contributed by atoms with E-state index >= 15 is 0 Å². The van der Waals surface area contributed by atoms with Gasteiger partial charge in [0.1, 0.15) is 5.78 Å². The molecule has 3 saturated carbocycles. The molecule has 0 heterocycles. The summed E-state index contributed by atoms with van der Waals surface area (Å²) in [6.07, 6.45) is 6.14. The van der Waals surface area contributed by atoms with Crippen molar-refractivity contribution in [3.8, 4) is 0 Å². The molecule has 0 bridgehead atoms. The Labute approximate surface area is 99.0 Å². The predicted molar refractivity (Wildman–Crippen MR) is 65.1 cm³/mol. The molecule has 0 N–H and O–H groups in total. The highest BCUT2D eigenvalue weighted by Gasteiger charge is 2.75. The van der Waals surface area contributed by atoms with Crippen molar-refractivity contribution in [2.45, 2.75) is 59.8 Å². The number of carbonyl (C=O) groups excluding carboxylic acids is 1. The van der Waals surface area contributed by atoms with E-state index in [4.69, 9.17) is 0 Å². The average Bonchev–Trinajstić information content (AvgIpc) is 2.89. The van der Waals surface area contributed by atoms with Gasteiger partial charge in [0.2, 0.25) is 0 Å². The van der Waals surface area contributed by atoms with Gasteiger partial charge in [0.15, 0.2) is 0 Å². The van der Waals surface area contributed by atoms with Gasteiger partial charge in [-0.3, -0.25) is 4.79 Å². The van der Waals surface area contributed by atoms with Gasteiger partial charge in [0.05, 0.1) is 0 Å². The van der Waals surface area contributed by atoms with Crippen molar-refractivity contribution in [1.82, 2.24) is 0 Å². The largest absolute Gasteiger partial charge is 0.299 e. The lowest BCUT2D eigenvalue weighted by molar-refractivity contribution is -0.139. The molecule has 0 aromatic rings. The summed E-state index contributed by atoms with van der Waals surface area (Å²) in [4.78, 5) is 12.1. The van der Waals surface area contributed by atoms with Crippen LogP contribution in [0.1, 0.15) is 59.8 Å². The number of rotatable bonds is 0. The lowest BCUT2D eigenvalue weighted by Crippen LogP contribution is -2.50. The van der Waals surface area contributed by atoms with Crippen molar-refractivity contribution in [3.05, 3.63) is 0 Å². The molecule has 0 aromatic carbocycles. The third-order valence-electron chi connectivity index (χ3n) is 6.51. The quantitative estimate of drug-likeness (QED) is 0.606. The zero-order valence-electron chi connectivity index (χ0n) is 11.1.